The molecule has 0 aliphatic rings. The maximum atomic E-state index is 4.49. The molecule has 0 radical (unpaired) electrons. The number of hydrogen-bond acceptors (Lipinski definition) is 1. The van der Waals surface area contributed by atoms with Crippen molar-refractivity contribution < 1.29 is 0 Å². The van der Waals surface area contributed by atoms with Crippen molar-refractivity contribution in [2.75, 3.05) is 0 Å². The van der Waals surface area contributed by atoms with Crippen LogP contribution in [0.3, 0.4) is 0 Å². The monoisotopic (exact) mass is 346 g/mol. The van der Waals surface area contributed by atoms with Gasteiger partial charge in [0, 0.05) is 0 Å². The number of benzene rings is 1. The third kappa shape index (κ3) is 1.74. The van der Waals surface area contributed by atoms with E-state index in [9.17, 15) is 0 Å². The molecule has 2 heterocycles. The third-order valence-corrected chi connectivity index (χ3v) is 9.45. The van der Waals surface area contributed by atoms with Gasteiger partial charge in [-0.3, -0.25) is 0 Å². The molecule has 0 unspecified atom stereocenters. The van der Waals surface area contributed by atoms with Crippen LogP contribution in [0.4, 0.5) is 0 Å². The first-order chi connectivity index (χ1) is 8.48. The molecule has 2 nitrogen and oxygen atoms in total. The predicted molar refractivity (Wildman–Crippen MR) is 81.2 cm³/mol. The Morgan fingerprint density at radius 2 is 1.83 bits per heavy atom. The quantitative estimate of drug-likeness (QED) is 0.619. The molecule has 0 atom stereocenters. The van der Waals surface area contributed by atoms with Crippen LogP contribution < -0.4 is 3.58 Å². The van der Waals surface area contributed by atoms with Gasteiger partial charge in [-0.15, -0.1) is 0 Å². The first kappa shape index (κ1) is 12.0. The van der Waals surface area contributed by atoms with Gasteiger partial charge < -0.3 is 0 Å². The fraction of sp³-hybridized carbons (Fsp3) is 0.267. The van der Waals surface area contributed by atoms with Crippen LogP contribution >= 0.6 is 0 Å². The molecule has 18 heavy (non-hydrogen) atoms. The van der Waals surface area contributed by atoms with Crippen molar-refractivity contribution in [3.63, 3.8) is 0 Å². The Morgan fingerprint density at radius 3 is 2.56 bits per heavy atom. The summed E-state index contributed by atoms with van der Waals surface area (Å²) in [6.07, 6.45) is 1.87. The topological polar surface area (TPSA) is 17.8 Å². The van der Waals surface area contributed by atoms with Crippen molar-refractivity contribution >= 4 is 43.9 Å². The van der Waals surface area contributed by atoms with Crippen LogP contribution in [-0.2, 0) is 7.05 Å². The summed E-state index contributed by atoms with van der Waals surface area (Å²) in [5, 5.41) is 2.62. The molecule has 0 saturated carbocycles. The third-order valence-electron chi connectivity index (χ3n) is 3.62. The van der Waals surface area contributed by atoms with E-state index in [1.54, 1.807) is 3.58 Å². The molecule has 1 aromatic carbocycles. The van der Waals surface area contributed by atoms with Crippen molar-refractivity contribution in [1.82, 2.24) is 9.55 Å². The van der Waals surface area contributed by atoms with Crippen molar-refractivity contribution in [3.8, 4) is 0 Å². The molecule has 0 bridgehead atoms. The fourth-order valence-corrected chi connectivity index (χ4v) is 5.81. The summed E-state index contributed by atoms with van der Waals surface area (Å²) in [5.41, 5.74) is 2.36. The normalized spacial score (nSPS) is 12.4. The van der Waals surface area contributed by atoms with Gasteiger partial charge in [-0.2, -0.15) is 0 Å². The maximum absolute atomic E-state index is 4.49. The second-order valence-electron chi connectivity index (χ2n) is 5.92. The summed E-state index contributed by atoms with van der Waals surface area (Å²) in [6.45, 7) is 0. The van der Waals surface area contributed by atoms with Gasteiger partial charge in [-0.05, 0) is 0 Å². The van der Waals surface area contributed by atoms with E-state index < -0.39 is 18.4 Å². The molecule has 3 rings (SSSR count). The second kappa shape index (κ2) is 3.98. The summed E-state index contributed by atoms with van der Waals surface area (Å²) in [6, 6.07) is 11.2. The van der Waals surface area contributed by atoms with E-state index >= 15 is 0 Å². The van der Waals surface area contributed by atoms with E-state index in [0.717, 1.165) is 5.65 Å². The number of fused-ring (bicyclic) bond motifs is 3. The van der Waals surface area contributed by atoms with Crippen LogP contribution in [0.2, 0.25) is 14.8 Å². The standard InChI is InChI=1S/C12H9N2.3CH3.Sn/c1-14-11-7-3-2-5-9(11)10-6-4-8-13-12(10)14;;;;/h3-8H,1H3;3*1H3;. The van der Waals surface area contributed by atoms with Gasteiger partial charge in [-0.1, -0.05) is 0 Å². The van der Waals surface area contributed by atoms with Crippen LogP contribution in [0.25, 0.3) is 21.9 Å². The average Bonchev–Trinajstić information content (AvgIpc) is 2.63. The molecule has 0 amide bonds. The molecule has 3 heteroatoms. The SMILES string of the molecule is Cn1c2cc[c]([Sn]([CH3])([CH3])[CH3])cc2c2cccnc21. The van der Waals surface area contributed by atoms with Gasteiger partial charge in [0.1, 0.15) is 0 Å². The molecular weight excluding hydrogens is 327 g/mol. The minimum absolute atomic E-state index is 1.08. The van der Waals surface area contributed by atoms with Gasteiger partial charge >= 0.3 is 112 Å². The number of rotatable bonds is 1. The molecule has 0 aliphatic heterocycles. The van der Waals surface area contributed by atoms with Gasteiger partial charge in [0.15, 0.2) is 0 Å². The summed E-state index contributed by atoms with van der Waals surface area (Å²) in [7, 11) is 2.09. The van der Waals surface area contributed by atoms with Crippen LogP contribution in [-0.4, -0.2) is 27.9 Å². The summed E-state index contributed by atoms with van der Waals surface area (Å²) in [5.74, 6) is 0. The molecule has 0 aliphatic carbocycles. The van der Waals surface area contributed by atoms with Gasteiger partial charge in [0.25, 0.3) is 0 Å². The molecule has 0 fully saturated rings. The Hall–Kier alpha value is -1.03. The zero-order valence-corrected chi connectivity index (χ0v) is 14.2. The number of nitrogens with zero attached hydrogens (tertiary/aromatic N) is 2. The van der Waals surface area contributed by atoms with E-state index in [1.807, 2.05) is 12.3 Å². The van der Waals surface area contributed by atoms with Gasteiger partial charge in [0.2, 0.25) is 0 Å². The van der Waals surface area contributed by atoms with E-state index in [-0.39, 0.29) is 0 Å². The molecule has 0 N–H and O–H groups in total. The average molecular weight is 345 g/mol. The van der Waals surface area contributed by atoms with Crippen LogP contribution in [0, 0.1) is 0 Å². The molecular formula is C15H18N2Sn. The Bertz CT molecular complexity index is 735. The van der Waals surface area contributed by atoms with Gasteiger partial charge in [-0.25, -0.2) is 0 Å². The number of pyridine rings is 1. The van der Waals surface area contributed by atoms with Crippen LogP contribution in [0.1, 0.15) is 0 Å². The number of aromatic nitrogens is 2. The van der Waals surface area contributed by atoms with E-state index in [2.05, 4.69) is 55.7 Å². The van der Waals surface area contributed by atoms with E-state index in [0.29, 0.717) is 0 Å². The van der Waals surface area contributed by atoms with Crippen LogP contribution in [0.15, 0.2) is 36.5 Å². The Kier molecular flexibility index (Phi) is 2.66. The van der Waals surface area contributed by atoms with Crippen molar-refractivity contribution in [2.24, 2.45) is 7.05 Å². The summed E-state index contributed by atoms with van der Waals surface area (Å²) < 4.78 is 3.76. The van der Waals surface area contributed by atoms with Crippen molar-refractivity contribution in [3.05, 3.63) is 36.5 Å². The first-order valence-electron chi connectivity index (χ1n) is 6.32. The van der Waals surface area contributed by atoms with Crippen molar-refractivity contribution in [2.45, 2.75) is 14.8 Å². The summed E-state index contributed by atoms with van der Waals surface area (Å²) >= 11 is -1.99. The predicted octanol–water partition coefficient (Wildman–Crippen LogP) is 3.27. The Labute approximate surface area is 112 Å². The van der Waals surface area contributed by atoms with Gasteiger partial charge in [0.05, 0.1) is 0 Å². The number of hydrogen-bond donors (Lipinski definition) is 0. The molecule has 3 aromatic rings. The van der Waals surface area contributed by atoms with Crippen LogP contribution in [0.5, 0.6) is 0 Å². The molecule has 2 aromatic heterocycles. The zero-order valence-electron chi connectivity index (χ0n) is 11.4. The van der Waals surface area contributed by atoms with Crippen molar-refractivity contribution in [1.29, 1.82) is 0 Å². The molecule has 92 valence electrons. The second-order valence-corrected chi connectivity index (χ2v) is 20.4. The minimum atomic E-state index is -1.99. The Morgan fingerprint density at radius 1 is 1.06 bits per heavy atom. The van der Waals surface area contributed by atoms with E-state index in [4.69, 9.17) is 0 Å². The summed E-state index contributed by atoms with van der Waals surface area (Å²) in [4.78, 5) is 11.9. The van der Waals surface area contributed by atoms with E-state index in [1.165, 1.54) is 16.3 Å². The first-order valence-corrected chi connectivity index (χ1v) is 16.3. The number of aryl methyl sites for hydroxylation is 1. The Balaban J connectivity index is 2.44. The molecule has 0 spiro atoms. The molecule has 0 saturated heterocycles. The fourth-order valence-electron chi connectivity index (χ4n) is 2.50. The zero-order chi connectivity index (χ0) is 12.9.